The van der Waals surface area contributed by atoms with E-state index in [-0.39, 0.29) is 17.8 Å². The molecule has 1 unspecified atom stereocenters. The molecule has 0 fully saturated rings. The third-order valence-electron chi connectivity index (χ3n) is 5.59. The number of benzene rings is 2. The second kappa shape index (κ2) is 6.95. The third-order valence-corrected chi connectivity index (χ3v) is 5.59. The van der Waals surface area contributed by atoms with Crippen LogP contribution in [0.4, 0.5) is 4.39 Å². The van der Waals surface area contributed by atoms with Gasteiger partial charge in [0, 0.05) is 30.5 Å². The molecule has 3 aromatic rings. The monoisotopic (exact) mass is 392 g/mol. The van der Waals surface area contributed by atoms with Crippen molar-refractivity contribution in [3.05, 3.63) is 82.9 Å². The minimum absolute atomic E-state index is 0.111. The first-order chi connectivity index (χ1) is 14.1. The molecule has 5 rings (SSSR count). The smallest absolute Gasteiger partial charge is 0.254 e. The molecule has 0 radical (unpaired) electrons. The fourth-order valence-corrected chi connectivity index (χ4v) is 4.13. The van der Waals surface area contributed by atoms with Gasteiger partial charge in [0.25, 0.3) is 5.91 Å². The lowest BCUT2D eigenvalue weighted by Gasteiger charge is -2.38. The topological polar surface area (TPSA) is 43.7 Å². The van der Waals surface area contributed by atoms with E-state index in [2.05, 4.69) is 4.57 Å². The fourth-order valence-electron chi connectivity index (χ4n) is 4.13. The van der Waals surface area contributed by atoms with Gasteiger partial charge in [0.2, 0.25) is 0 Å². The molecular formula is C23H21FN2O3. The van der Waals surface area contributed by atoms with Crippen molar-refractivity contribution in [2.45, 2.75) is 19.5 Å². The van der Waals surface area contributed by atoms with E-state index in [0.29, 0.717) is 36.6 Å². The highest BCUT2D eigenvalue weighted by molar-refractivity contribution is 5.95. The van der Waals surface area contributed by atoms with Gasteiger partial charge in [-0.1, -0.05) is 6.07 Å². The van der Waals surface area contributed by atoms with E-state index < -0.39 is 0 Å². The minimum Gasteiger partial charge on any atom is -0.486 e. The van der Waals surface area contributed by atoms with Gasteiger partial charge in [-0.05, 0) is 60.5 Å². The van der Waals surface area contributed by atoms with Crippen LogP contribution in [0, 0.1) is 12.7 Å². The Morgan fingerprint density at radius 3 is 2.69 bits per heavy atom. The van der Waals surface area contributed by atoms with Crippen molar-refractivity contribution in [3.63, 3.8) is 0 Å². The number of fused-ring (bicyclic) bond motifs is 2. The molecule has 0 spiro atoms. The van der Waals surface area contributed by atoms with Crippen molar-refractivity contribution in [1.29, 1.82) is 0 Å². The Hall–Kier alpha value is -3.28. The van der Waals surface area contributed by atoms with Gasteiger partial charge in [0.05, 0.1) is 6.04 Å². The zero-order valence-corrected chi connectivity index (χ0v) is 16.1. The molecule has 0 saturated heterocycles. The summed E-state index contributed by atoms with van der Waals surface area (Å²) < 4.78 is 27.3. The van der Waals surface area contributed by atoms with Gasteiger partial charge in [-0.15, -0.1) is 0 Å². The molecule has 3 heterocycles. The summed E-state index contributed by atoms with van der Waals surface area (Å²) >= 11 is 0. The average Bonchev–Trinajstić information content (AvgIpc) is 3.23. The normalized spacial score (nSPS) is 17.7. The van der Waals surface area contributed by atoms with Crippen molar-refractivity contribution >= 4 is 5.91 Å². The zero-order valence-electron chi connectivity index (χ0n) is 16.1. The second-order valence-electron chi connectivity index (χ2n) is 7.39. The van der Waals surface area contributed by atoms with Gasteiger partial charge in [-0.25, -0.2) is 4.39 Å². The number of nitrogens with zero attached hydrogens (tertiary/aromatic N) is 2. The Bertz CT molecular complexity index is 1090. The molecule has 0 saturated carbocycles. The first-order valence-corrected chi connectivity index (χ1v) is 9.73. The van der Waals surface area contributed by atoms with Crippen molar-refractivity contribution in [2.24, 2.45) is 0 Å². The highest BCUT2D eigenvalue weighted by Crippen LogP contribution is 2.38. The molecule has 0 N–H and O–H groups in total. The van der Waals surface area contributed by atoms with Crippen molar-refractivity contribution < 1.29 is 18.7 Å². The van der Waals surface area contributed by atoms with Crippen LogP contribution in [0.15, 0.2) is 54.7 Å². The molecule has 2 aromatic carbocycles. The third kappa shape index (κ3) is 3.05. The molecular weight excluding hydrogens is 371 g/mol. The van der Waals surface area contributed by atoms with Crippen LogP contribution in [-0.2, 0) is 6.54 Å². The molecule has 1 aromatic heterocycles. The molecule has 0 bridgehead atoms. The lowest BCUT2D eigenvalue weighted by Crippen LogP contribution is -2.42. The maximum atomic E-state index is 13.7. The van der Waals surface area contributed by atoms with E-state index >= 15 is 0 Å². The van der Waals surface area contributed by atoms with Gasteiger partial charge in [-0.2, -0.15) is 0 Å². The van der Waals surface area contributed by atoms with E-state index in [1.165, 1.54) is 6.07 Å². The number of amides is 1. The fraction of sp³-hybridized carbons (Fsp3) is 0.261. The summed E-state index contributed by atoms with van der Waals surface area (Å²) in [6, 6.07) is 14.1. The van der Waals surface area contributed by atoms with Crippen molar-refractivity contribution in [3.8, 4) is 11.5 Å². The number of carbonyl (C=O) groups is 1. The summed E-state index contributed by atoms with van der Waals surface area (Å²) in [5.41, 5.74) is 2.96. The number of aromatic nitrogens is 1. The second-order valence-corrected chi connectivity index (χ2v) is 7.39. The van der Waals surface area contributed by atoms with Gasteiger partial charge >= 0.3 is 0 Å². The largest absolute Gasteiger partial charge is 0.486 e. The molecule has 0 aliphatic carbocycles. The summed E-state index contributed by atoms with van der Waals surface area (Å²) in [4.78, 5) is 15.3. The highest BCUT2D eigenvalue weighted by atomic mass is 19.1. The number of ether oxygens (including phenoxy) is 2. The molecule has 2 aliphatic heterocycles. The SMILES string of the molecule is Cc1cc(C(=O)N2CCn3cccc3C2c2ccc3c(c2)OCCO3)ccc1F. The van der Waals surface area contributed by atoms with Crippen LogP contribution in [0.5, 0.6) is 11.5 Å². The predicted molar refractivity (Wildman–Crippen MR) is 106 cm³/mol. The molecule has 1 atom stereocenters. The van der Waals surface area contributed by atoms with E-state index in [4.69, 9.17) is 9.47 Å². The number of aryl methyl sites for hydroxylation is 1. The maximum Gasteiger partial charge on any atom is 0.254 e. The van der Waals surface area contributed by atoms with Crippen molar-refractivity contribution in [2.75, 3.05) is 19.8 Å². The highest BCUT2D eigenvalue weighted by Gasteiger charge is 2.33. The maximum absolute atomic E-state index is 13.7. The van der Waals surface area contributed by atoms with Crippen LogP contribution in [0.3, 0.4) is 0 Å². The first kappa shape index (κ1) is 17.8. The molecule has 5 nitrogen and oxygen atoms in total. The van der Waals surface area contributed by atoms with Gasteiger partial charge in [-0.3, -0.25) is 4.79 Å². The quantitative estimate of drug-likeness (QED) is 0.663. The summed E-state index contributed by atoms with van der Waals surface area (Å²) in [7, 11) is 0. The van der Waals surface area contributed by atoms with Crippen LogP contribution in [-0.4, -0.2) is 35.1 Å². The van der Waals surface area contributed by atoms with Crippen LogP contribution in [0.2, 0.25) is 0 Å². The Labute approximate surface area is 168 Å². The van der Waals surface area contributed by atoms with Crippen molar-refractivity contribution in [1.82, 2.24) is 9.47 Å². The van der Waals surface area contributed by atoms with Crippen LogP contribution in [0.1, 0.15) is 33.2 Å². The Morgan fingerprint density at radius 2 is 1.86 bits per heavy atom. The number of carbonyl (C=O) groups excluding carboxylic acids is 1. The standard InChI is InChI=1S/C23H21FN2O3/c1-15-13-17(4-6-18(15)24)23(27)26-10-9-25-8-2-3-19(25)22(26)16-5-7-20-21(14-16)29-12-11-28-20/h2-8,13-14,22H,9-12H2,1H3. The van der Waals surface area contributed by atoms with Crippen LogP contribution < -0.4 is 9.47 Å². The lowest BCUT2D eigenvalue weighted by molar-refractivity contribution is 0.0663. The summed E-state index contributed by atoms with van der Waals surface area (Å²) in [6.45, 7) is 4.00. The first-order valence-electron chi connectivity index (χ1n) is 9.73. The molecule has 1 amide bonds. The Kier molecular flexibility index (Phi) is 4.27. The van der Waals surface area contributed by atoms with Gasteiger partial charge < -0.3 is 18.9 Å². The number of halogens is 1. The summed E-state index contributed by atoms with van der Waals surface area (Å²) in [6.07, 6.45) is 2.03. The van der Waals surface area contributed by atoms with E-state index in [1.54, 1.807) is 19.1 Å². The average molecular weight is 392 g/mol. The number of hydrogen-bond donors (Lipinski definition) is 0. The number of rotatable bonds is 2. The molecule has 2 aliphatic rings. The van der Waals surface area contributed by atoms with Gasteiger partial charge in [0.1, 0.15) is 19.0 Å². The number of hydrogen-bond acceptors (Lipinski definition) is 3. The molecule has 148 valence electrons. The molecule has 6 heteroatoms. The Morgan fingerprint density at radius 1 is 1.03 bits per heavy atom. The van der Waals surface area contributed by atoms with E-state index in [9.17, 15) is 9.18 Å². The van der Waals surface area contributed by atoms with E-state index in [0.717, 1.165) is 23.6 Å². The zero-order chi connectivity index (χ0) is 20.0. The predicted octanol–water partition coefficient (Wildman–Crippen LogP) is 3.95. The van der Waals surface area contributed by atoms with Crippen LogP contribution in [0.25, 0.3) is 0 Å². The summed E-state index contributed by atoms with van der Waals surface area (Å²) in [5.74, 6) is 0.999. The Balaban J connectivity index is 1.57. The van der Waals surface area contributed by atoms with Crippen LogP contribution >= 0.6 is 0 Å². The molecule has 29 heavy (non-hydrogen) atoms. The van der Waals surface area contributed by atoms with Gasteiger partial charge in [0.15, 0.2) is 11.5 Å². The summed E-state index contributed by atoms with van der Waals surface area (Å²) in [5, 5.41) is 0. The lowest BCUT2D eigenvalue weighted by atomic mass is 9.98. The minimum atomic E-state index is -0.308. The van der Waals surface area contributed by atoms with E-state index in [1.807, 2.05) is 41.4 Å².